The van der Waals surface area contributed by atoms with Crippen molar-refractivity contribution in [3.05, 3.63) is 108 Å². The summed E-state index contributed by atoms with van der Waals surface area (Å²) in [6, 6.07) is 6.61. The number of hydrogen-bond acceptors (Lipinski definition) is 31. The number of nitrogens with one attached hydrogen (secondary N) is 2. The number of aryl methyl sites for hydroxylation is 3. The molecule has 0 spiro atoms. The summed E-state index contributed by atoms with van der Waals surface area (Å²) in [5.41, 5.74) is 7.20. The first-order valence-electron chi connectivity index (χ1n) is 39.9. The first-order chi connectivity index (χ1) is 54.9. The summed E-state index contributed by atoms with van der Waals surface area (Å²) in [7, 11) is -9.14. The number of amides is 2. The van der Waals surface area contributed by atoms with Crippen LogP contribution in [0, 0.1) is 20.8 Å². The fourth-order valence-electron chi connectivity index (χ4n) is 12.7. The van der Waals surface area contributed by atoms with Crippen molar-refractivity contribution in [1.29, 1.82) is 0 Å². The number of carbonyl (C=O) groups excluding carboxylic acids is 4. The molecule has 2 saturated heterocycles. The zero-order valence-corrected chi connectivity index (χ0v) is 78.0. The standard InChI is InChI=1S/C27H49N3O7SSi2.C22H42N2O5SSi2.C16H25N3O6S.C9H15N3O4S.2CH4/c1-18(2)39(19(3)4)35-15-23(16-36-40(37-39,20(5)6)21(7)8)38-25(30-14-13-22(9)29-27(30)33)17-34-26(32)12-11-24(31)28-10;1-15(2)31(16(3)4)27-13-20(14-28-32(29-31,17(5)6)18(7)8)30-21(12-25)24-11-10-19(9)23-22(24)26;1-11-6-7-19(16(23)18-11)14(26-12(8-20)9-24-3)10-25-15(22)5-4-13(21)17-2;10-7-1-2-12(9(16)11-7)8(5-15)17-6(3-13)4-14;;/h13-14,18-21,23,25H,11-12,15-17H2,1-10H3,(H,28,31);10-11,15-18,20-21,25H,12-14H2,1-9H3;6-7,12,14,20H,4-5,8-10H2,1-3H3,(H,17,21);1-2,6,8,13-15H,3-5H2,(H2,10,11,16);2*1H4/i;;3TD;;;. The van der Waals surface area contributed by atoms with Gasteiger partial charge in [0.15, 0.2) is 0 Å². The molecule has 2 aliphatic heterocycles. The van der Waals surface area contributed by atoms with Crippen LogP contribution in [0.1, 0.15) is 193 Å². The minimum absolute atomic E-state index is 0. The molecule has 6 rings (SSSR count). The molecule has 2 amide bonds. The predicted octanol–water partition coefficient (Wildman–Crippen LogP) is 9.08. The first kappa shape index (κ1) is 106. The Morgan fingerprint density at radius 1 is 0.479 bits per heavy atom. The van der Waals surface area contributed by atoms with E-state index in [1.165, 1.54) is 74.3 Å². The van der Waals surface area contributed by atoms with Crippen LogP contribution in [0.4, 0.5) is 5.82 Å². The summed E-state index contributed by atoms with van der Waals surface area (Å²) >= 11 is 5.20. The zero-order chi connectivity index (χ0) is 88.5. The second kappa shape index (κ2) is 53.8. The van der Waals surface area contributed by atoms with Crippen molar-refractivity contribution in [2.45, 2.75) is 259 Å². The van der Waals surface area contributed by atoms with Crippen LogP contribution in [0.15, 0.2) is 68.2 Å². The number of aliphatic hydroxyl groups excluding tert-OH is 5. The maximum absolute atomic E-state index is 12.9. The number of nitrogens with zero attached hydrogens (tertiary/aromatic N) is 8. The van der Waals surface area contributed by atoms with Gasteiger partial charge in [-0.1, -0.05) is 126 Å². The Bertz CT molecular complexity index is 3840. The van der Waals surface area contributed by atoms with Gasteiger partial charge in [0, 0.05) is 75.9 Å². The minimum atomic E-state index is -2.71. The van der Waals surface area contributed by atoms with Crippen molar-refractivity contribution in [2.75, 3.05) is 106 Å². The van der Waals surface area contributed by atoms with E-state index < -0.39 is 102 Å². The van der Waals surface area contributed by atoms with E-state index >= 15 is 0 Å². The fraction of sp³-hybridized carbons (Fsp3) is 0.737. The molecule has 33 nitrogen and oxygen atoms in total. The van der Waals surface area contributed by atoms with Gasteiger partial charge in [0.2, 0.25) is 11.8 Å². The maximum atomic E-state index is 12.9. The summed E-state index contributed by atoms with van der Waals surface area (Å²) in [6.45, 7) is 40.3. The van der Waals surface area contributed by atoms with E-state index in [0.717, 1.165) is 23.5 Å². The summed E-state index contributed by atoms with van der Waals surface area (Å²) in [6.07, 6.45) is 6.19. The molecule has 4 aromatic rings. The molecule has 0 bridgehead atoms. The van der Waals surface area contributed by atoms with E-state index in [2.05, 4.69) is 141 Å². The van der Waals surface area contributed by atoms with Gasteiger partial charge >= 0.3 is 68.9 Å². The van der Waals surface area contributed by atoms with Crippen molar-refractivity contribution < 1.29 is 87.6 Å². The van der Waals surface area contributed by atoms with Crippen molar-refractivity contribution >= 4 is 111 Å². The molecular weight excluding hydrogens is 1660 g/mol. The highest BCUT2D eigenvalue weighted by Gasteiger charge is 2.59. The second-order valence-corrected chi connectivity index (χ2v) is 53.9. The molecule has 117 heavy (non-hydrogen) atoms. The Hall–Kier alpha value is -5.01. The summed E-state index contributed by atoms with van der Waals surface area (Å²) in [5, 5.41) is 48.1. The number of nitrogen functional groups attached to an aromatic ring is 1. The molecule has 6 heterocycles. The molecule has 9 N–H and O–H groups in total. The number of methoxy groups -OCH3 is 1. The largest absolute Gasteiger partial charge is 0.463 e. The van der Waals surface area contributed by atoms with E-state index in [-0.39, 0.29) is 172 Å². The van der Waals surface area contributed by atoms with Crippen LogP contribution >= 0.6 is 47.0 Å². The van der Waals surface area contributed by atoms with Crippen molar-refractivity contribution in [3.63, 3.8) is 0 Å². The monoisotopic (exact) mass is 1800 g/mol. The molecule has 4 aromatic heterocycles. The molecule has 2 fully saturated rings. The normalized spacial score (nSPS) is 17.3. The van der Waals surface area contributed by atoms with Gasteiger partial charge < -0.3 is 82.0 Å². The smallest absolute Gasteiger partial charge is 0.350 e. The fourth-order valence-corrected chi connectivity index (χ4v) is 39.9. The molecule has 6 atom stereocenters. The first-order valence-corrected chi connectivity index (χ1v) is 50.4. The lowest BCUT2D eigenvalue weighted by molar-refractivity contribution is -0.145. The van der Waals surface area contributed by atoms with Gasteiger partial charge in [-0.05, 0) is 89.4 Å². The number of carbonyl (C=O) groups is 4. The Morgan fingerprint density at radius 3 is 1.09 bits per heavy atom. The molecule has 0 saturated carbocycles. The molecule has 41 heteroatoms. The lowest BCUT2D eigenvalue weighted by atomic mass is 10.3. The van der Waals surface area contributed by atoms with E-state index in [9.17, 15) is 53.7 Å². The Labute approximate surface area is 716 Å². The lowest BCUT2D eigenvalue weighted by Crippen LogP contribution is -2.63. The van der Waals surface area contributed by atoms with Crippen LogP contribution in [0.3, 0.4) is 0 Å². The highest BCUT2D eigenvalue weighted by Crippen LogP contribution is 2.48. The molecule has 2 aliphatic rings. The third-order valence-electron chi connectivity index (χ3n) is 19.1. The van der Waals surface area contributed by atoms with Gasteiger partial charge in [-0.15, -0.1) is 47.0 Å². The number of anilines is 1. The van der Waals surface area contributed by atoms with Gasteiger partial charge in [0.1, 0.15) is 40.5 Å². The van der Waals surface area contributed by atoms with Crippen molar-refractivity contribution in [2.24, 2.45) is 0 Å². The molecular formula is C76H139N11O22S4Si4. The number of hydrogen-bond donors (Lipinski definition) is 8. The van der Waals surface area contributed by atoms with Crippen LogP contribution in [0.5, 0.6) is 0 Å². The Morgan fingerprint density at radius 2 is 0.778 bits per heavy atom. The number of esters is 2. The summed E-state index contributed by atoms with van der Waals surface area (Å²) < 4.78 is 76.7. The maximum Gasteiger partial charge on any atom is 0.350 e. The Balaban J connectivity index is 0.000000817. The number of aliphatic hydroxyl groups is 5. The Kier molecular flexibility index (Phi) is 48.8. The van der Waals surface area contributed by atoms with Crippen LogP contribution in [-0.2, 0) is 59.3 Å². The van der Waals surface area contributed by atoms with Crippen LogP contribution in [0.2, 0.25) is 44.3 Å². The lowest BCUT2D eigenvalue weighted by Gasteiger charge is -2.50. The quantitative estimate of drug-likeness (QED) is 0.0154. The van der Waals surface area contributed by atoms with Gasteiger partial charge in [0.05, 0.1) is 103 Å². The molecule has 0 aliphatic carbocycles. The van der Waals surface area contributed by atoms with Gasteiger partial charge in [-0.25, -0.2) is 19.2 Å². The van der Waals surface area contributed by atoms with E-state index in [4.69, 9.17) is 58.8 Å². The average Bonchev–Trinajstić information content (AvgIpc) is 0.765. The number of nitrogens with two attached hydrogens (primary N) is 1. The molecule has 0 radical (unpaired) electrons. The third-order valence-corrected chi connectivity index (χ3v) is 45.0. The second-order valence-electron chi connectivity index (χ2n) is 30.2. The third kappa shape index (κ3) is 33.0. The van der Waals surface area contributed by atoms with Crippen molar-refractivity contribution in [1.82, 2.24) is 48.8 Å². The van der Waals surface area contributed by atoms with Crippen LogP contribution < -0.4 is 39.1 Å². The van der Waals surface area contributed by atoms with E-state index in [1.54, 1.807) is 51.4 Å². The van der Waals surface area contributed by atoms with E-state index in [0.29, 0.717) is 43.5 Å². The molecule has 0 aromatic carbocycles. The highest BCUT2D eigenvalue weighted by molar-refractivity contribution is 8.00. The number of ether oxygens (including phenoxy) is 3. The summed E-state index contributed by atoms with van der Waals surface area (Å²) in [5.74, 6) is -1.53. The number of thioether (sulfide) groups is 4. The van der Waals surface area contributed by atoms with Crippen LogP contribution in [0.25, 0.3) is 0 Å². The number of aromatic nitrogens is 8. The predicted molar refractivity (Wildman–Crippen MR) is 473 cm³/mol. The topological polar surface area (TPSA) is 442 Å². The molecule has 670 valence electrons. The van der Waals surface area contributed by atoms with E-state index in [1.807, 2.05) is 0 Å². The zero-order valence-electron chi connectivity index (χ0n) is 72.7. The van der Waals surface area contributed by atoms with Gasteiger partial charge in [-0.2, -0.15) is 19.9 Å². The van der Waals surface area contributed by atoms with Gasteiger partial charge in [0.25, 0.3) is 0 Å². The minimum Gasteiger partial charge on any atom is -0.463 e. The number of rotatable bonds is 37. The summed E-state index contributed by atoms with van der Waals surface area (Å²) in [4.78, 5) is 112. The molecule has 6 unspecified atom stereocenters. The SMILES string of the molecule is C.C.CNC(=O)CCC(=O)OCC(SC1CO[Si](C(C)C)(C(C)C)O[Si](C(C)C)(C(C)C)OC1)n1ccc(C)nc1=O.Cc1ccn(C(CO)SC2CO[Si](C(C)C)(C(C)C)O[Si](C(C)C)(C(C)C)OC2)c(=O)n1.Nc1ccn(C(CO)SC(CO)CO)c(=O)n1.[2H]C([3H])OCC(CO)SC(COC(=O)CCC(=O)NC)n1ccc(C)nc1=O. The average molecular weight is 1800 g/mol. The highest BCUT2D eigenvalue weighted by atomic mass is 32.2. The van der Waals surface area contributed by atoms with Crippen molar-refractivity contribution in [3.8, 4) is 0 Å². The van der Waals surface area contributed by atoms with Gasteiger partial charge in [-0.3, -0.25) is 37.4 Å². The van der Waals surface area contributed by atoms with Crippen LogP contribution in [-0.4, -0.2) is 243 Å².